The molecule has 0 bridgehead atoms. The van der Waals surface area contributed by atoms with Crippen LogP contribution in [0, 0.1) is 0 Å². The Kier molecular flexibility index (Phi) is 5.16. The Balaban J connectivity index is 2.88. The lowest BCUT2D eigenvalue weighted by atomic mass is 10.1. The van der Waals surface area contributed by atoms with Crippen molar-refractivity contribution in [3.63, 3.8) is 0 Å². The molecule has 1 aromatic carbocycles. The zero-order valence-corrected chi connectivity index (χ0v) is 12.3. The summed E-state index contributed by atoms with van der Waals surface area (Å²) >= 11 is 0. The lowest BCUT2D eigenvalue weighted by molar-refractivity contribution is 0.600. The molecule has 0 radical (unpaired) electrons. The molecule has 0 aliphatic carbocycles. The number of anilines is 1. The molecule has 1 aromatic rings. The van der Waals surface area contributed by atoms with Gasteiger partial charge >= 0.3 is 0 Å². The molecule has 0 heterocycles. The van der Waals surface area contributed by atoms with Crippen molar-refractivity contribution in [3.05, 3.63) is 29.8 Å². The van der Waals surface area contributed by atoms with Crippen LogP contribution in [0.15, 0.2) is 24.3 Å². The molecule has 0 amide bonds. The predicted molar refractivity (Wildman–Crippen MR) is 76.9 cm³/mol. The standard InChI is InChI=1S/C13H22N2O2S/c1-11(14-2)12-7-5-6-8-13(12)15(3)9-10-18(4,16)17/h5-8,11,14H,9-10H2,1-4H3. The Morgan fingerprint density at radius 2 is 1.94 bits per heavy atom. The van der Waals surface area contributed by atoms with Gasteiger partial charge in [0.2, 0.25) is 0 Å². The predicted octanol–water partition coefficient (Wildman–Crippen LogP) is 1.45. The molecule has 0 saturated carbocycles. The summed E-state index contributed by atoms with van der Waals surface area (Å²) in [5.74, 6) is 0.172. The van der Waals surface area contributed by atoms with Gasteiger partial charge in [-0.05, 0) is 25.6 Å². The maximum atomic E-state index is 11.2. The Hall–Kier alpha value is -1.07. The van der Waals surface area contributed by atoms with Gasteiger partial charge in [-0.2, -0.15) is 0 Å². The van der Waals surface area contributed by atoms with Gasteiger partial charge in [-0.15, -0.1) is 0 Å². The number of nitrogens with one attached hydrogen (secondary N) is 1. The summed E-state index contributed by atoms with van der Waals surface area (Å²) in [7, 11) is 0.915. The first-order valence-corrected chi connectivity index (χ1v) is 8.06. The maximum absolute atomic E-state index is 11.2. The number of sulfone groups is 1. The van der Waals surface area contributed by atoms with E-state index in [4.69, 9.17) is 0 Å². The Morgan fingerprint density at radius 3 is 2.50 bits per heavy atom. The number of benzene rings is 1. The summed E-state index contributed by atoms with van der Waals surface area (Å²) in [6, 6.07) is 8.29. The SMILES string of the molecule is CNC(C)c1ccccc1N(C)CCS(C)(=O)=O. The molecule has 1 N–H and O–H groups in total. The monoisotopic (exact) mass is 270 g/mol. The number of rotatable bonds is 6. The van der Waals surface area contributed by atoms with Crippen molar-refractivity contribution in [1.82, 2.24) is 5.32 Å². The highest BCUT2D eigenvalue weighted by molar-refractivity contribution is 7.90. The number of para-hydroxylation sites is 1. The van der Waals surface area contributed by atoms with Crippen LogP contribution < -0.4 is 10.2 Å². The fourth-order valence-corrected chi connectivity index (χ4v) is 2.39. The maximum Gasteiger partial charge on any atom is 0.149 e. The summed E-state index contributed by atoms with van der Waals surface area (Å²) in [6.07, 6.45) is 1.27. The lowest BCUT2D eigenvalue weighted by Gasteiger charge is -2.24. The van der Waals surface area contributed by atoms with Crippen molar-refractivity contribution < 1.29 is 8.42 Å². The molecule has 0 saturated heterocycles. The molecule has 0 aromatic heterocycles. The van der Waals surface area contributed by atoms with Crippen LogP contribution in [-0.2, 0) is 9.84 Å². The van der Waals surface area contributed by atoms with Crippen LogP contribution in [0.2, 0.25) is 0 Å². The van der Waals surface area contributed by atoms with Crippen molar-refractivity contribution in [2.45, 2.75) is 13.0 Å². The van der Waals surface area contributed by atoms with Crippen molar-refractivity contribution in [2.24, 2.45) is 0 Å². The average Bonchev–Trinajstić information content (AvgIpc) is 2.34. The average molecular weight is 270 g/mol. The van der Waals surface area contributed by atoms with Gasteiger partial charge in [0, 0.05) is 31.6 Å². The lowest BCUT2D eigenvalue weighted by Crippen LogP contribution is -2.27. The number of hydrogen-bond donors (Lipinski definition) is 1. The molecule has 1 atom stereocenters. The van der Waals surface area contributed by atoms with Crippen LogP contribution in [0.1, 0.15) is 18.5 Å². The van der Waals surface area contributed by atoms with E-state index >= 15 is 0 Å². The third kappa shape index (κ3) is 4.31. The molecule has 18 heavy (non-hydrogen) atoms. The minimum Gasteiger partial charge on any atom is -0.373 e. The molecule has 0 spiro atoms. The van der Waals surface area contributed by atoms with E-state index in [9.17, 15) is 8.42 Å². The van der Waals surface area contributed by atoms with Crippen molar-refractivity contribution >= 4 is 15.5 Å². The second-order valence-electron chi connectivity index (χ2n) is 4.62. The Bertz CT molecular complexity index is 486. The summed E-state index contributed by atoms with van der Waals surface area (Å²) in [4.78, 5) is 1.99. The van der Waals surface area contributed by atoms with Gasteiger partial charge in [0.25, 0.3) is 0 Å². The summed E-state index contributed by atoms with van der Waals surface area (Å²) in [5.41, 5.74) is 2.25. The molecular formula is C13H22N2O2S. The highest BCUT2D eigenvalue weighted by Gasteiger charge is 2.13. The topological polar surface area (TPSA) is 49.4 Å². The summed E-state index contributed by atoms with van der Waals surface area (Å²) in [6.45, 7) is 2.59. The fourth-order valence-electron chi connectivity index (χ4n) is 1.78. The van der Waals surface area contributed by atoms with E-state index in [0.29, 0.717) is 6.54 Å². The Morgan fingerprint density at radius 1 is 1.33 bits per heavy atom. The first-order valence-electron chi connectivity index (χ1n) is 6.00. The van der Waals surface area contributed by atoms with Gasteiger partial charge in [0.05, 0.1) is 5.75 Å². The smallest absolute Gasteiger partial charge is 0.149 e. The quantitative estimate of drug-likeness (QED) is 0.850. The summed E-state index contributed by atoms with van der Waals surface area (Å²) in [5, 5.41) is 3.20. The van der Waals surface area contributed by atoms with E-state index in [1.165, 1.54) is 11.8 Å². The minimum atomic E-state index is -2.92. The molecule has 1 rings (SSSR count). The van der Waals surface area contributed by atoms with Gasteiger partial charge in [0.15, 0.2) is 0 Å². The number of hydrogen-bond acceptors (Lipinski definition) is 4. The number of nitrogens with zero attached hydrogens (tertiary/aromatic N) is 1. The summed E-state index contributed by atoms with van der Waals surface area (Å²) < 4.78 is 22.4. The highest BCUT2D eigenvalue weighted by atomic mass is 32.2. The minimum absolute atomic E-state index is 0.172. The van der Waals surface area contributed by atoms with Gasteiger partial charge in [-0.3, -0.25) is 0 Å². The molecule has 5 heteroatoms. The molecule has 4 nitrogen and oxygen atoms in total. The first-order chi connectivity index (χ1) is 8.35. The third-order valence-corrected chi connectivity index (χ3v) is 3.97. The van der Waals surface area contributed by atoms with Crippen molar-refractivity contribution in [1.29, 1.82) is 0 Å². The molecule has 102 valence electrons. The molecule has 0 fully saturated rings. The van der Waals surface area contributed by atoms with Gasteiger partial charge in [-0.1, -0.05) is 18.2 Å². The fraction of sp³-hybridized carbons (Fsp3) is 0.538. The van der Waals surface area contributed by atoms with Crippen LogP contribution in [-0.4, -0.2) is 41.1 Å². The Labute approximate surface area is 110 Å². The van der Waals surface area contributed by atoms with Crippen LogP contribution in [0.5, 0.6) is 0 Å². The normalized spacial score (nSPS) is 13.3. The molecule has 1 unspecified atom stereocenters. The highest BCUT2D eigenvalue weighted by Crippen LogP contribution is 2.24. The van der Waals surface area contributed by atoms with Gasteiger partial charge in [-0.25, -0.2) is 8.42 Å². The molecular weight excluding hydrogens is 248 g/mol. The van der Waals surface area contributed by atoms with E-state index in [0.717, 1.165) is 5.69 Å². The second kappa shape index (κ2) is 6.20. The zero-order valence-electron chi connectivity index (χ0n) is 11.5. The van der Waals surface area contributed by atoms with Crippen molar-refractivity contribution in [3.8, 4) is 0 Å². The van der Waals surface area contributed by atoms with E-state index in [2.05, 4.69) is 18.3 Å². The van der Waals surface area contributed by atoms with Crippen LogP contribution in [0.3, 0.4) is 0 Å². The van der Waals surface area contributed by atoms with Crippen LogP contribution >= 0.6 is 0 Å². The largest absolute Gasteiger partial charge is 0.373 e. The van der Waals surface area contributed by atoms with E-state index < -0.39 is 9.84 Å². The zero-order chi connectivity index (χ0) is 13.8. The van der Waals surface area contributed by atoms with Gasteiger partial charge < -0.3 is 10.2 Å². The van der Waals surface area contributed by atoms with Crippen molar-refractivity contribution in [2.75, 3.05) is 37.5 Å². The van der Waals surface area contributed by atoms with E-state index in [1.807, 2.05) is 37.2 Å². The second-order valence-corrected chi connectivity index (χ2v) is 6.88. The van der Waals surface area contributed by atoms with Crippen LogP contribution in [0.25, 0.3) is 0 Å². The van der Waals surface area contributed by atoms with Gasteiger partial charge in [0.1, 0.15) is 9.84 Å². The third-order valence-electron chi connectivity index (χ3n) is 3.05. The van der Waals surface area contributed by atoms with Crippen LogP contribution in [0.4, 0.5) is 5.69 Å². The first kappa shape index (κ1) is 15.0. The van der Waals surface area contributed by atoms with E-state index in [-0.39, 0.29) is 11.8 Å². The van der Waals surface area contributed by atoms with E-state index in [1.54, 1.807) is 0 Å². The molecule has 0 aliphatic heterocycles. The molecule has 0 aliphatic rings.